The fourth-order valence-corrected chi connectivity index (χ4v) is 6.95. The molecule has 206 valence electrons. The summed E-state index contributed by atoms with van der Waals surface area (Å²) in [7, 11) is 1.30. The van der Waals surface area contributed by atoms with E-state index in [4.69, 9.17) is 21.1 Å². The van der Waals surface area contributed by atoms with Crippen molar-refractivity contribution >= 4 is 17.6 Å². The number of hydrogen-bond donors (Lipinski definition) is 1. The molecule has 2 aromatic carbocycles. The molecular formula is C29H33ClF3NO4. The molecule has 5 nitrogen and oxygen atoms in total. The second kappa shape index (κ2) is 10.4. The van der Waals surface area contributed by atoms with Gasteiger partial charge in [-0.15, -0.1) is 0 Å². The standard InChI is InChI=1S/C29H33ClF3NO4/c1-15(28(36)37-3)27(35)18-5-4-17-6-9-25(38-26(17)11-18)23-13-21-10-19(23)14-34(21)16(2)22-12-20(30)7-8-24(22)29(31,32)33/h4-5,7-8,11-12,15-16,19,21,23,25,27,35H,6,9-10,13-14H2,1-3H3/t15?,16?,19-,21?,23?,25?,27-/m1/s1. The number of carbonyl (C=O) groups is 1. The summed E-state index contributed by atoms with van der Waals surface area (Å²) in [5, 5.41) is 11.0. The Morgan fingerprint density at radius 1 is 1.18 bits per heavy atom. The number of carbonyl (C=O) groups excluding carboxylic acids is 1. The molecule has 0 radical (unpaired) electrons. The van der Waals surface area contributed by atoms with Gasteiger partial charge in [0.15, 0.2) is 0 Å². The van der Waals surface area contributed by atoms with Crippen LogP contribution in [0.1, 0.15) is 67.5 Å². The number of ether oxygens (including phenoxy) is 2. The zero-order chi connectivity index (χ0) is 27.4. The highest BCUT2D eigenvalue weighted by Gasteiger charge is 2.50. The number of aryl methyl sites for hydroxylation is 1. The zero-order valence-corrected chi connectivity index (χ0v) is 22.4. The van der Waals surface area contributed by atoms with E-state index in [1.165, 1.54) is 19.2 Å². The van der Waals surface area contributed by atoms with Gasteiger partial charge < -0.3 is 14.6 Å². The number of esters is 1. The van der Waals surface area contributed by atoms with Crippen molar-refractivity contribution in [1.29, 1.82) is 0 Å². The van der Waals surface area contributed by atoms with Crippen molar-refractivity contribution in [2.75, 3.05) is 13.7 Å². The summed E-state index contributed by atoms with van der Waals surface area (Å²) < 4.78 is 52.4. The van der Waals surface area contributed by atoms with Crippen molar-refractivity contribution in [2.45, 2.75) is 70.0 Å². The minimum atomic E-state index is -4.43. The molecule has 1 aliphatic carbocycles. The summed E-state index contributed by atoms with van der Waals surface area (Å²) in [6, 6.07) is 9.23. The van der Waals surface area contributed by atoms with Crippen LogP contribution in [0.4, 0.5) is 13.2 Å². The van der Waals surface area contributed by atoms with Crippen LogP contribution < -0.4 is 4.74 Å². The molecule has 2 aromatic rings. The Morgan fingerprint density at radius 2 is 1.95 bits per heavy atom. The highest BCUT2D eigenvalue weighted by molar-refractivity contribution is 6.30. The van der Waals surface area contributed by atoms with Crippen LogP contribution in [0.5, 0.6) is 5.75 Å². The number of aliphatic hydroxyl groups is 1. The van der Waals surface area contributed by atoms with Crippen LogP contribution in [0, 0.1) is 17.8 Å². The van der Waals surface area contributed by atoms with Gasteiger partial charge >= 0.3 is 12.1 Å². The molecule has 2 bridgehead atoms. The molecule has 1 N–H and O–H groups in total. The van der Waals surface area contributed by atoms with E-state index in [1.807, 2.05) is 25.1 Å². The topological polar surface area (TPSA) is 59.0 Å². The number of hydrogen-bond acceptors (Lipinski definition) is 5. The highest BCUT2D eigenvalue weighted by atomic mass is 35.5. The third-order valence-corrected chi connectivity index (χ3v) is 9.07. The lowest BCUT2D eigenvalue weighted by atomic mass is 9.84. The van der Waals surface area contributed by atoms with E-state index in [0.717, 1.165) is 49.6 Å². The fourth-order valence-electron chi connectivity index (χ4n) is 6.77. The Kier molecular flexibility index (Phi) is 7.44. The first-order valence-electron chi connectivity index (χ1n) is 13.2. The van der Waals surface area contributed by atoms with Gasteiger partial charge in [0.2, 0.25) is 0 Å². The largest absolute Gasteiger partial charge is 0.490 e. The first-order valence-corrected chi connectivity index (χ1v) is 13.5. The Morgan fingerprint density at radius 3 is 2.61 bits per heavy atom. The molecule has 2 aliphatic heterocycles. The Hall–Kier alpha value is -2.29. The van der Waals surface area contributed by atoms with Gasteiger partial charge in [-0.05, 0) is 86.4 Å². The maximum atomic E-state index is 13.7. The lowest BCUT2D eigenvalue weighted by Gasteiger charge is -2.40. The van der Waals surface area contributed by atoms with Gasteiger partial charge in [-0.1, -0.05) is 23.7 Å². The van der Waals surface area contributed by atoms with E-state index in [0.29, 0.717) is 22.4 Å². The number of halogens is 4. The van der Waals surface area contributed by atoms with Gasteiger partial charge in [-0.2, -0.15) is 13.2 Å². The number of nitrogens with zero attached hydrogens (tertiary/aromatic N) is 1. The number of benzene rings is 2. The summed E-state index contributed by atoms with van der Waals surface area (Å²) in [6.07, 6.45) is -1.87. The Balaban J connectivity index is 1.28. The van der Waals surface area contributed by atoms with Crippen LogP contribution in [0.25, 0.3) is 0 Å². The van der Waals surface area contributed by atoms with Gasteiger partial charge in [0.1, 0.15) is 11.9 Å². The lowest BCUT2D eigenvalue weighted by Crippen LogP contribution is -2.43. The molecule has 0 spiro atoms. The highest BCUT2D eigenvalue weighted by Crippen LogP contribution is 2.50. The Bertz CT molecular complexity index is 1200. The molecule has 38 heavy (non-hydrogen) atoms. The predicted octanol–water partition coefficient (Wildman–Crippen LogP) is 6.37. The molecule has 5 unspecified atom stereocenters. The maximum Gasteiger partial charge on any atom is 0.416 e. The van der Waals surface area contributed by atoms with Gasteiger partial charge in [0.05, 0.1) is 24.7 Å². The van der Waals surface area contributed by atoms with Crippen LogP contribution >= 0.6 is 11.6 Å². The van der Waals surface area contributed by atoms with Crippen molar-refractivity contribution in [2.24, 2.45) is 17.8 Å². The van der Waals surface area contributed by atoms with Crippen molar-refractivity contribution in [3.8, 4) is 5.75 Å². The number of likely N-dealkylation sites (tertiary alicyclic amines) is 1. The number of alkyl halides is 3. The second-order valence-electron chi connectivity index (χ2n) is 11.0. The molecule has 3 aliphatic rings. The average molecular weight is 552 g/mol. The molecule has 2 fully saturated rings. The number of piperidine rings is 1. The minimum Gasteiger partial charge on any atom is -0.490 e. The molecule has 9 heteroatoms. The third kappa shape index (κ3) is 5.03. The number of fused-ring (bicyclic) bond motifs is 3. The van der Waals surface area contributed by atoms with Gasteiger partial charge in [0, 0.05) is 29.6 Å². The quantitative estimate of drug-likeness (QED) is 0.423. The van der Waals surface area contributed by atoms with Gasteiger partial charge in [-0.25, -0.2) is 0 Å². The van der Waals surface area contributed by atoms with Crippen LogP contribution in [-0.4, -0.2) is 41.8 Å². The number of aliphatic hydroxyl groups excluding tert-OH is 1. The second-order valence-corrected chi connectivity index (χ2v) is 11.4. The first-order chi connectivity index (χ1) is 18.0. The van der Waals surface area contributed by atoms with E-state index < -0.39 is 35.8 Å². The summed E-state index contributed by atoms with van der Waals surface area (Å²) in [5.41, 5.74) is 1.28. The van der Waals surface area contributed by atoms with E-state index >= 15 is 0 Å². The maximum absolute atomic E-state index is 13.7. The molecule has 2 heterocycles. The molecular weight excluding hydrogens is 519 g/mol. The molecule has 7 atom stereocenters. The zero-order valence-electron chi connectivity index (χ0n) is 21.7. The molecule has 5 rings (SSSR count). The number of methoxy groups -OCH3 is 1. The minimum absolute atomic E-state index is 0.0114. The molecule has 1 saturated carbocycles. The SMILES string of the molecule is COC(=O)C(C)[C@@H](O)c1ccc2c(c1)OC(C1CC3C[C@@H]1CN3C(C)c1cc(Cl)ccc1C(F)(F)F)CC2. The summed E-state index contributed by atoms with van der Waals surface area (Å²) >= 11 is 6.09. The van der Waals surface area contributed by atoms with Crippen molar-refractivity contribution in [3.63, 3.8) is 0 Å². The molecule has 1 saturated heterocycles. The first kappa shape index (κ1) is 27.3. The van der Waals surface area contributed by atoms with Crippen LogP contribution in [-0.2, 0) is 22.1 Å². The lowest BCUT2D eigenvalue weighted by molar-refractivity contribution is -0.148. The smallest absolute Gasteiger partial charge is 0.416 e. The average Bonchev–Trinajstić information content (AvgIpc) is 3.51. The molecule has 0 amide bonds. The van der Waals surface area contributed by atoms with E-state index in [-0.39, 0.29) is 17.7 Å². The summed E-state index contributed by atoms with van der Waals surface area (Å²) in [5.74, 6) is 0.219. The van der Waals surface area contributed by atoms with Crippen LogP contribution in [0.3, 0.4) is 0 Å². The van der Waals surface area contributed by atoms with Crippen LogP contribution in [0.2, 0.25) is 5.02 Å². The van der Waals surface area contributed by atoms with Crippen molar-refractivity contribution in [1.82, 2.24) is 4.90 Å². The monoisotopic (exact) mass is 551 g/mol. The Labute approximate surface area is 225 Å². The summed E-state index contributed by atoms with van der Waals surface area (Å²) in [6.45, 7) is 4.19. The third-order valence-electron chi connectivity index (χ3n) is 8.84. The summed E-state index contributed by atoms with van der Waals surface area (Å²) in [4.78, 5) is 14.1. The number of rotatable bonds is 6. The molecule has 0 aromatic heterocycles. The van der Waals surface area contributed by atoms with E-state index in [2.05, 4.69) is 4.90 Å². The van der Waals surface area contributed by atoms with Crippen molar-refractivity contribution < 1.29 is 32.5 Å². The fraction of sp³-hybridized carbons (Fsp3) is 0.552. The van der Waals surface area contributed by atoms with Crippen LogP contribution in [0.15, 0.2) is 36.4 Å². The van der Waals surface area contributed by atoms with Crippen molar-refractivity contribution in [3.05, 3.63) is 63.7 Å². The predicted molar refractivity (Wildman–Crippen MR) is 137 cm³/mol. The van der Waals surface area contributed by atoms with Gasteiger partial charge in [-0.3, -0.25) is 9.69 Å². The van der Waals surface area contributed by atoms with Gasteiger partial charge in [0.25, 0.3) is 0 Å². The van der Waals surface area contributed by atoms with E-state index in [1.54, 1.807) is 6.92 Å². The normalized spacial score (nSPS) is 27.4. The van der Waals surface area contributed by atoms with E-state index in [9.17, 15) is 23.1 Å².